The van der Waals surface area contributed by atoms with Gasteiger partial charge in [-0.05, 0) is 40.0 Å². The zero-order valence-corrected chi connectivity index (χ0v) is 13.9. The number of carbonyl (C=O) groups is 1. The number of hydrogen-bond donors (Lipinski definition) is 1. The molecule has 6 heteroatoms. The predicted molar refractivity (Wildman–Crippen MR) is 77.4 cm³/mol. The SMILES string of the molecule is CC(C)(O)[C@@H]1CC[C@@]2(C)C(=O)CC[C@]3(C)OS(=O)OC1C23. The van der Waals surface area contributed by atoms with Crippen molar-refractivity contribution in [3.8, 4) is 0 Å². The van der Waals surface area contributed by atoms with Crippen molar-refractivity contribution in [1.29, 1.82) is 0 Å². The van der Waals surface area contributed by atoms with Crippen LogP contribution >= 0.6 is 0 Å². The van der Waals surface area contributed by atoms with Crippen molar-refractivity contribution in [3.63, 3.8) is 0 Å². The lowest BCUT2D eigenvalue weighted by atomic mass is 9.50. The van der Waals surface area contributed by atoms with Gasteiger partial charge in [-0.1, -0.05) is 6.92 Å². The van der Waals surface area contributed by atoms with E-state index in [0.29, 0.717) is 19.3 Å². The second kappa shape index (κ2) is 4.60. The van der Waals surface area contributed by atoms with Gasteiger partial charge in [-0.3, -0.25) is 13.2 Å². The van der Waals surface area contributed by atoms with Crippen LogP contribution in [0.25, 0.3) is 0 Å². The van der Waals surface area contributed by atoms with E-state index in [1.807, 2.05) is 13.8 Å². The molecule has 21 heavy (non-hydrogen) atoms. The summed E-state index contributed by atoms with van der Waals surface area (Å²) in [6.45, 7) is 7.42. The third-order valence-corrected chi connectivity index (χ3v) is 6.78. The lowest BCUT2D eigenvalue weighted by Crippen LogP contribution is -2.67. The number of hydrogen-bond acceptors (Lipinski definition) is 5. The van der Waals surface area contributed by atoms with Gasteiger partial charge in [-0.25, -0.2) is 0 Å². The highest BCUT2D eigenvalue weighted by atomic mass is 32.2. The molecule has 0 aromatic heterocycles. The Balaban J connectivity index is 2.08. The van der Waals surface area contributed by atoms with Crippen LogP contribution in [0.1, 0.15) is 53.4 Å². The van der Waals surface area contributed by atoms with Gasteiger partial charge >= 0.3 is 11.4 Å². The molecule has 6 atom stereocenters. The van der Waals surface area contributed by atoms with Crippen molar-refractivity contribution < 1.29 is 22.5 Å². The molecule has 0 spiro atoms. The van der Waals surface area contributed by atoms with Gasteiger partial charge in [-0.15, -0.1) is 0 Å². The molecule has 3 fully saturated rings. The fourth-order valence-electron chi connectivity index (χ4n) is 4.74. The molecule has 1 saturated heterocycles. The third kappa shape index (κ3) is 2.22. The molecule has 0 amide bonds. The van der Waals surface area contributed by atoms with Gasteiger partial charge in [0.25, 0.3) is 0 Å². The molecule has 0 aromatic rings. The van der Waals surface area contributed by atoms with Crippen LogP contribution in [0, 0.1) is 17.3 Å². The summed E-state index contributed by atoms with van der Waals surface area (Å²) in [7, 11) is 0. The second-order valence-electron chi connectivity index (χ2n) is 7.78. The Morgan fingerprint density at radius 1 is 1.33 bits per heavy atom. The molecule has 0 radical (unpaired) electrons. The van der Waals surface area contributed by atoms with E-state index in [1.54, 1.807) is 13.8 Å². The molecular weight excluding hydrogens is 292 g/mol. The number of carbonyl (C=O) groups excluding carboxylic acids is 1. The largest absolute Gasteiger partial charge is 0.390 e. The number of ketones is 1. The highest BCUT2D eigenvalue weighted by molar-refractivity contribution is 7.75. The van der Waals surface area contributed by atoms with Gasteiger partial charge in [0.1, 0.15) is 5.78 Å². The Morgan fingerprint density at radius 2 is 2.00 bits per heavy atom. The first-order chi connectivity index (χ1) is 9.58. The average molecular weight is 316 g/mol. The second-order valence-corrected chi connectivity index (χ2v) is 8.55. The quantitative estimate of drug-likeness (QED) is 0.800. The fraction of sp³-hybridized carbons (Fsp3) is 0.933. The van der Waals surface area contributed by atoms with Gasteiger partial charge < -0.3 is 5.11 Å². The summed E-state index contributed by atoms with van der Waals surface area (Å²) >= 11 is -1.82. The first-order valence-corrected chi connectivity index (χ1v) is 8.62. The topological polar surface area (TPSA) is 72.8 Å². The van der Waals surface area contributed by atoms with E-state index in [4.69, 9.17) is 8.37 Å². The molecule has 2 saturated carbocycles. The van der Waals surface area contributed by atoms with Gasteiger partial charge in [0.05, 0.1) is 17.3 Å². The summed E-state index contributed by atoms with van der Waals surface area (Å²) in [5.74, 6) is -0.0631. The highest BCUT2D eigenvalue weighted by Crippen LogP contribution is 2.59. The molecular formula is C15H24O5S. The van der Waals surface area contributed by atoms with Crippen molar-refractivity contribution in [2.45, 2.75) is 70.7 Å². The monoisotopic (exact) mass is 316 g/mol. The molecule has 5 nitrogen and oxygen atoms in total. The first-order valence-electron chi connectivity index (χ1n) is 7.62. The summed E-state index contributed by atoms with van der Waals surface area (Å²) in [4.78, 5) is 12.5. The minimum atomic E-state index is -1.82. The van der Waals surface area contributed by atoms with Gasteiger partial charge in [0.15, 0.2) is 0 Å². The van der Waals surface area contributed by atoms with E-state index in [1.165, 1.54) is 0 Å². The lowest BCUT2D eigenvalue weighted by molar-refractivity contribution is -0.206. The normalized spacial score (nSPS) is 50.6. The highest BCUT2D eigenvalue weighted by Gasteiger charge is 2.65. The Kier molecular flexibility index (Phi) is 3.41. The molecule has 2 aliphatic carbocycles. The average Bonchev–Trinajstić information content (AvgIpc) is 2.32. The maximum Gasteiger partial charge on any atom is 0.305 e. The van der Waals surface area contributed by atoms with Crippen LogP contribution in [0.2, 0.25) is 0 Å². The zero-order chi connectivity index (χ0) is 15.6. The van der Waals surface area contributed by atoms with Crippen LogP contribution in [-0.2, 0) is 24.5 Å². The summed E-state index contributed by atoms with van der Waals surface area (Å²) < 4.78 is 23.2. The van der Waals surface area contributed by atoms with Crippen LogP contribution in [0.15, 0.2) is 0 Å². The summed E-state index contributed by atoms with van der Waals surface area (Å²) in [6, 6.07) is 0. The van der Waals surface area contributed by atoms with E-state index < -0.39 is 34.1 Å². The molecule has 3 rings (SSSR count). The standard InChI is InChI=1S/C15H24O5S/c1-13(2,17)9-5-7-14(3)10(16)6-8-15(4)12(14)11(9)19-21(18)20-15/h9,11-12,17H,5-8H2,1-4H3/t9-,11?,12?,14+,15+,21?/m1/s1. The molecule has 1 aliphatic heterocycles. The maximum absolute atomic E-state index is 12.5. The molecule has 0 aromatic carbocycles. The fourth-order valence-corrected chi connectivity index (χ4v) is 5.71. The summed E-state index contributed by atoms with van der Waals surface area (Å²) in [5, 5.41) is 10.5. The predicted octanol–water partition coefficient (Wildman–Crippen LogP) is 1.91. The minimum absolute atomic E-state index is 0.145. The molecule has 0 bridgehead atoms. The van der Waals surface area contributed by atoms with E-state index in [-0.39, 0.29) is 17.6 Å². The van der Waals surface area contributed by atoms with Gasteiger partial charge in [-0.2, -0.15) is 4.21 Å². The Bertz CT molecular complexity index is 499. The number of aliphatic hydroxyl groups is 1. The van der Waals surface area contributed by atoms with Crippen LogP contribution < -0.4 is 0 Å². The lowest BCUT2D eigenvalue weighted by Gasteiger charge is -2.60. The number of rotatable bonds is 1. The number of Topliss-reactive ketones (excluding diaryl/α,β-unsaturated/α-hetero) is 1. The molecule has 3 unspecified atom stereocenters. The van der Waals surface area contributed by atoms with Gasteiger partial charge in [0, 0.05) is 23.7 Å². The Morgan fingerprint density at radius 3 is 2.62 bits per heavy atom. The van der Waals surface area contributed by atoms with Crippen molar-refractivity contribution in [1.82, 2.24) is 0 Å². The summed E-state index contributed by atoms with van der Waals surface area (Å²) in [6.07, 6.45) is 2.03. The molecule has 1 heterocycles. The Labute approximate surface area is 128 Å². The molecule has 120 valence electrons. The first kappa shape index (κ1) is 15.6. The molecule has 3 aliphatic rings. The van der Waals surface area contributed by atoms with E-state index in [0.717, 1.165) is 6.42 Å². The smallest absolute Gasteiger partial charge is 0.305 e. The Hall–Kier alpha value is -0.300. The molecule has 1 N–H and O–H groups in total. The third-order valence-electron chi connectivity index (χ3n) is 5.89. The van der Waals surface area contributed by atoms with Crippen molar-refractivity contribution in [2.24, 2.45) is 17.3 Å². The van der Waals surface area contributed by atoms with E-state index in [2.05, 4.69) is 0 Å². The van der Waals surface area contributed by atoms with Crippen LogP contribution in [0.3, 0.4) is 0 Å². The van der Waals surface area contributed by atoms with Crippen molar-refractivity contribution in [2.75, 3.05) is 0 Å². The van der Waals surface area contributed by atoms with Crippen LogP contribution in [-0.4, -0.2) is 32.4 Å². The van der Waals surface area contributed by atoms with Crippen LogP contribution in [0.4, 0.5) is 0 Å². The van der Waals surface area contributed by atoms with Crippen molar-refractivity contribution >= 4 is 17.1 Å². The minimum Gasteiger partial charge on any atom is -0.390 e. The van der Waals surface area contributed by atoms with Crippen molar-refractivity contribution in [3.05, 3.63) is 0 Å². The van der Waals surface area contributed by atoms with Crippen LogP contribution in [0.5, 0.6) is 0 Å². The maximum atomic E-state index is 12.5. The van der Waals surface area contributed by atoms with E-state index in [9.17, 15) is 14.1 Å². The zero-order valence-electron chi connectivity index (χ0n) is 13.0. The summed E-state index contributed by atoms with van der Waals surface area (Å²) in [5.41, 5.74) is -2.07. The van der Waals surface area contributed by atoms with Gasteiger partial charge in [0.2, 0.25) is 0 Å². The van der Waals surface area contributed by atoms with E-state index >= 15 is 0 Å².